The van der Waals surface area contributed by atoms with Crippen molar-refractivity contribution in [3.8, 4) is 0 Å². The first-order valence-electron chi connectivity index (χ1n) is 4.25. The van der Waals surface area contributed by atoms with Crippen LogP contribution in [0.5, 0.6) is 0 Å². The van der Waals surface area contributed by atoms with Crippen molar-refractivity contribution >= 4 is 17.7 Å². The van der Waals surface area contributed by atoms with E-state index in [0.29, 0.717) is 0 Å². The van der Waals surface area contributed by atoms with Crippen molar-refractivity contribution in [1.82, 2.24) is 14.8 Å². The van der Waals surface area contributed by atoms with Crippen molar-refractivity contribution in [3.63, 3.8) is 0 Å². The molecule has 1 aromatic rings. The Morgan fingerprint density at radius 1 is 1.64 bits per heavy atom. The second-order valence-electron chi connectivity index (χ2n) is 3.12. The Kier molecular flexibility index (Phi) is 3.51. The van der Waals surface area contributed by atoms with E-state index in [9.17, 15) is 4.79 Å². The number of rotatable bonds is 4. The predicted octanol–water partition coefficient (Wildman–Crippen LogP) is 1.08. The number of aromatic nitrogens is 3. The molecule has 1 N–H and O–H groups in total. The van der Waals surface area contributed by atoms with Crippen LogP contribution in [0.2, 0.25) is 0 Å². The summed E-state index contributed by atoms with van der Waals surface area (Å²) in [6.45, 7) is 3.72. The number of carboxylic acid groups (broad SMARTS) is 1. The van der Waals surface area contributed by atoms with Crippen LogP contribution >= 0.6 is 11.8 Å². The molecule has 0 bridgehead atoms. The zero-order chi connectivity index (χ0) is 10.7. The molecule has 0 saturated carbocycles. The smallest absolute Gasteiger partial charge is 0.304 e. The van der Waals surface area contributed by atoms with Crippen molar-refractivity contribution in [2.75, 3.05) is 0 Å². The van der Waals surface area contributed by atoms with Gasteiger partial charge in [0.05, 0.1) is 6.42 Å². The van der Waals surface area contributed by atoms with Gasteiger partial charge in [-0.2, -0.15) is 0 Å². The van der Waals surface area contributed by atoms with Crippen molar-refractivity contribution in [3.05, 3.63) is 5.82 Å². The molecule has 1 unspecified atom stereocenters. The molecule has 1 rings (SSSR count). The van der Waals surface area contributed by atoms with E-state index < -0.39 is 5.97 Å². The Hall–Kier alpha value is -1.04. The van der Waals surface area contributed by atoms with E-state index in [-0.39, 0.29) is 11.7 Å². The number of aryl methyl sites for hydroxylation is 1. The molecule has 1 heterocycles. The molecule has 1 atom stereocenters. The largest absolute Gasteiger partial charge is 0.481 e. The van der Waals surface area contributed by atoms with Crippen LogP contribution in [0.15, 0.2) is 5.16 Å². The molecule has 0 fully saturated rings. The zero-order valence-electron chi connectivity index (χ0n) is 8.39. The van der Waals surface area contributed by atoms with Crippen molar-refractivity contribution in [2.24, 2.45) is 7.05 Å². The normalized spacial score (nSPS) is 12.8. The average molecular weight is 215 g/mol. The molecule has 0 aliphatic heterocycles. The quantitative estimate of drug-likeness (QED) is 0.761. The summed E-state index contributed by atoms with van der Waals surface area (Å²) in [7, 11) is 1.87. The van der Waals surface area contributed by atoms with E-state index in [2.05, 4.69) is 10.2 Å². The number of thioether (sulfide) groups is 1. The number of carboxylic acids is 1. The molecule has 0 radical (unpaired) electrons. The summed E-state index contributed by atoms with van der Waals surface area (Å²) in [5.74, 6) is 0.0407. The van der Waals surface area contributed by atoms with Gasteiger partial charge in [0.15, 0.2) is 5.16 Å². The Bertz CT molecular complexity index is 337. The van der Waals surface area contributed by atoms with E-state index in [1.807, 2.05) is 25.5 Å². The van der Waals surface area contributed by atoms with Crippen LogP contribution in [0.1, 0.15) is 19.2 Å². The molecular weight excluding hydrogens is 202 g/mol. The minimum absolute atomic E-state index is 0.00907. The van der Waals surface area contributed by atoms with Gasteiger partial charge >= 0.3 is 5.97 Å². The molecule has 0 spiro atoms. The predicted molar refractivity (Wildman–Crippen MR) is 53.3 cm³/mol. The van der Waals surface area contributed by atoms with Crippen LogP contribution in [0, 0.1) is 6.92 Å². The SMILES string of the molecule is Cc1nnc(SC(C)CC(=O)O)n1C. The molecule has 5 nitrogen and oxygen atoms in total. The Morgan fingerprint density at radius 2 is 2.29 bits per heavy atom. The third kappa shape index (κ3) is 2.73. The van der Waals surface area contributed by atoms with Gasteiger partial charge in [-0.3, -0.25) is 4.79 Å². The second-order valence-corrected chi connectivity index (χ2v) is 4.52. The van der Waals surface area contributed by atoms with E-state index in [1.165, 1.54) is 11.8 Å². The van der Waals surface area contributed by atoms with E-state index in [0.717, 1.165) is 11.0 Å². The minimum atomic E-state index is -0.788. The topological polar surface area (TPSA) is 68.0 Å². The number of aliphatic carboxylic acids is 1. The monoisotopic (exact) mass is 215 g/mol. The third-order valence-electron chi connectivity index (χ3n) is 1.82. The molecule has 6 heteroatoms. The van der Waals surface area contributed by atoms with Crippen LogP contribution in [0.25, 0.3) is 0 Å². The van der Waals surface area contributed by atoms with E-state index in [1.54, 1.807) is 0 Å². The number of hydrogen-bond acceptors (Lipinski definition) is 4. The van der Waals surface area contributed by atoms with Gasteiger partial charge in [-0.25, -0.2) is 0 Å². The molecule has 1 aromatic heterocycles. The lowest BCUT2D eigenvalue weighted by atomic mass is 10.3. The number of carbonyl (C=O) groups is 1. The maximum absolute atomic E-state index is 10.4. The number of hydrogen-bond donors (Lipinski definition) is 1. The van der Waals surface area contributed by atoms with Gasteiger partial charge in [0, 0.05) is 12.3 Å². The summed E-state index contributed by atoms with van der Waals surface area (Å²) in [5, 5.41) is 17.2. The van der Waals surface area contributed by atoms with Crippen LogP contribution < -0.4 is 0 Å². The average Bonchev–Trinajstić information content (AvgIpc) is 2.34. The summed E-state index contributed by atoms with van der Waals surface area (Å²) >= 11 is 1.43. The lowest BCUT2D eigenvalue weighted by Crippen LogP contribution is -2.07. The van der Waals surface area contributed by atoms with Crippen LogP contribution in [-0.4, -0.2) is 31.1 Å². The fourth-order valence-electron chi connectivity index (χ4n) is 0.958. The van der Waals surface area contributed by atoms with Gasteiger partial charge in [-0.1, -0.05) is 18.7 Å². The summed E-state index contributed by atoms with van der Waals surface area (Å²) in [6.07, 6.45) is 0.135. The first kappa shape index (κ1) is 11.0. The van der Waals surface area contributed by atoms with Crippen molar-refractivity contribution in [1.29, 1.82) is 0 Å². The molecule has 0 aliphatic rings. The number of nitrogens with zero attached hydrogens (tertiary/aromatic N) is 3. The first-order valence-corrected chi connectivity index (χ1v) is 5.13. The van der Waals surface area contributed by atoms with Crippen LogP contribution in [0.4, 0.5) is 0 Å². The van der Waals surface area contributed by atoms with Crippen molar-refractivity contribution in [2.45, 2.75) is 30.7 Å². The summed E-state index contributed by atoms with van der Waals surface area (Å²) in [6, 6.07) is 0. The molecule has 0 aliphatic carbocycles. The Labute approximate surface area is 86.5 Å². The summed E-state index contributed by atoms with van der Waals surface area (Å²) in [4.78, 5) is 10.4. The zero-order valence-corrected chi connectivity index (χ0v) is 9.21. The van der Waals surface area contributed by atoms with Crippen molar-refractivity contribution < 1.29 is 9.90 Å². The highest BCUT2D eigenvalue weighted by Gasteiger charge is 2.13. The second kappa shape index (κ2) is 4.45. The Morgan fingerprint density at radius 3 is 2.71 bits per heavy atom. The van der Waals surface area contributed by atoms with Gasteiger partial charge in [0.25, 0.3) is 0 Å². The first-order chi connectivity index (χ1) is 6.50. The lowest BCUT2D eigenvalue weighted by Gasteiger charge is -2.06. The highest BCUT2D eigenvalue weighted by molar-refractivity contribution is 7.99. The van der Waals surface area contributed by atoms with Gasteiger partial charge in [-0.15, -0.1) is 10.2 Å². The summed E-state index contributed by atoms with van der Waals surface area (Å²) < 4.78 is 1.85. The van der Waals surface area contributed by atoms with Gasteiger partial charge in [-0.05, 0) is 6.92 Å². The molecule has 0 aromatic carbocycles. The maximum atomic E-state index is 10.4. The Balaban J connectivity index is 2.60. The van der Waals surface area contributed by atoms with E-state index in [4.69, 9.17) is 5.11 Å². The van der Waals surface area contributed by atoms with Gasteiger partial charge < -0.3 is 9.67 Å². The lowest BCUT2D eigenvalue weighted by molar-refractivity contribution is -0.136. The molecule has 14 heavy (non-hydrogen) atoms. The molecular formula is C8H13N3O2S. The van der Waals surface area contributed by atoms with E-state index >= 15 is 0 Å². The molecule has 78 valence electrons. The fraction of sp³-hybridized carbons (Fsp3) is 0.625. The third-order valence-corrected chi connectivity index (χ3v) is 2.96. The standard InChI is InChI=1S/C8H13N3O2S/c1-5(4-7(12)13)14-8-10-9-6(2)11(8)3/h5H,4H2,1-3H3,(H,12,13). The fourth-order valence-corrected chi connectivity index (χ4v) is 1.92. The highest BCUT2D eigenvalue weighted by Crippen LogP contribution is 2.22. The molecule has 0 amide bonds. The van der Waals surface area contributed by atoms with Gasteiger partial charge in [0.2, 0.25) is 0 Å². The van der Waals surface area contributed by atoms with Gasteiger partial charge in [0.1, 0.15) is 5.82 Å². The minimum Gasteiger partial charge on any atom is -0.481 e. The highest BCUT2D eigenvalue weighted by atomic mass is 32.2. The molecule has 0 saturated heterocycles. The maximum Gasteiger partial charge on any atom is 0.304 e. The van der Waals surface area contributed by atoms with Crippen LogP contribution in [-0.2, 0) is 11.8 Å². The summed E-state index contributed by atoms with van der Waals surface area (Å²) in [5.41, 5.74) is 0. The van der Waals surface area contributed by atoms with Crippen LogP contribution in [0.3, 0.4) is 0 Å².